The maximum atomic E-state index is 14.7. The summed E-state index contributed by atoms with van der Waals surface area (Å²) >= 11 is 1.37. The lowest BCUT2D eigenvalue weighted by atomic mass is 9.85. The Labute approximate surface area is 341 Å². The number of amides is 4. The van der Waals surface area contributed by atoms with Crippen molar-refractivity contribution in [1.29, 1.82) is 0 Å². The molecule has 16 nitrogen and oxygen atoms in total. The monoisotopic (exact) mass is 832 g/mol. The molecule has 4 amide bonds. The van der Waals surface area contributed by atoms with Gasteiger partial charge in [0.15, 0.2) is 0 Å². The quantitative estimate of drug-likeness (QED) is 0.167. The molecule has 308 valence electrons. The molecular weight excluding hydrogens is 785 g/mol. The molecule has 0 bridgehead atoms. The minimum Gasteiger partial charge on any atom is -0.497 e. The van der Waals surface area contributed by atoms with Crippen molar-refractivity contribution in [2.24, 2.45) is 11.3 Å². The van der Waals surface area contributed by atoms with Crippen LogP contribution in [0, 0.1) is 11.3 Å². The molecule has 2 aliphatic rings. The molecule has 0 unspecified atom stereocenters. The summed E-state index contributed by atoms with van der Waals surface area (Å²) in [5.74, 6) is -2.17. The molecule has 2 fully saturated rings. The number of alkyl carbamates (subject to hydrolysis) is 1. The van der Waals surface area contributed by atoms with Gasteiger partial charge >= 0.3 is 6.09 Å². The smallest absolute Gasteiger partial charge is 0.408 e. The zero-order valence-electron chi connectivity index (χ0n) is 33.4. The van der Waals surface area contributed by atoms with E-state index in [0.717, 1.165) is 5.56 Å². The molecule has 3 heterocycles. The fourth-order valence-electron chi connectivity index (χ4n) is 6.84. The Balaban J connectivity index is 1.36. The third-order valence-corrected chi connectivity index (χ3v) is 12.1. The number of carbonyl (C=O) groups excluding carboxylic acids is 4. The molecule has 6 rings (SSSR count). The molecule has 4 aromatic rings. The van der Waals surface area contributed by atoms with E-state index in [4.69, 9.17) is 19.7 Å². The number of aromatic nitrogens is 4. The van der Waals surface area contributed by atoms with E-state index < -0.39 is 74.4 Å². The van der Waals surface area contributed by atoms with Crippen LogP contribution in [0.5, 0.6) is 5.75 Å². The topological polar surface area (TPSA) is 204 Å². The van der Waals surface area contributed by atoms with Gasteiger partial charge in [-0.3, -0.25) is 14.4 Å². The number of hydrogen-bond acceptors (Lipinski definition) is 12. The van der Waals surface area contributed by atoms with Crippen molar-refractivity contribution in [3.05, 3.63) is 78.8 Å². The average Bonchev–Trinajstić information content (AvgIpc) is 3.61. The second kappa shape index (κ2) is 16.0. The van der Waals surface area contributed by atoms with Crippen molar-refractivity contribution < 1.29 is 37.1 Å². The number of likely N-dealkylation sites (tertiary alicyclic amines) is 1. The second-order valence-corrected chi connectivity index (χ2v) is 19.0. The van der Waals surface area contributed by atoms with Gasteiger partial charge < -0.3 is 25.0 Å². The maximum absolute atomic E-state index is 14.7. The molecule has 5 atom stereocenters. The van der Waals surface area contributed by atoms with Crippen LogP contribution >= 0.6 is 11.3 Å². The molecule has 1 saturated heterocycles. The number of ether oxygens (including phenoxy) is 2. The number of benzene rings is 2. The van der Waals surface area contributed by atoms with Gasteiger partial charge in [0.2, 0.25) is 11.8 Å². The Morgan fingerprint density at radius 1 is 1.00 bits per heavy atom. The summed E-state index contributed by atoms with van der Waals surface area (Å²) in [6.07, 6.45) is 2.41. The van der Waals surface area contributed by atoms with Gasteiger partial charge in [-0.25, -0.2) is 22.9 Å². The van der Waals surface area contributed by atoms with Crippen LogP contribution in [0.4, 0.5) is 4.79 Å². The Morgan fingerprint density at radius 3 is 2.24 bits per heavy atom. The number of thiazole rings is 1. The van der Waals surface area contributed by atoms with E-state index in [0.29, 0.717) is 22.1 Å². The molecule has 2 aromatic carbocycles. The van der Waals surface area contributed by atoms with E-state index in [1.807, 2.05) is 17.5 Å². The number of rotatable bonds is 12. The Bertz CT molecular complexity index is 2280. The van der Waals surface area contributed by atoms with Crippen molar-refractivity contribution in [2.45, 2.75) is 88.5 Å². The highest BCUT2D eigenvalue weighted by Crippen LogP contribution is 2.45. The maximum Gasteiger partial charge on any atom is 0.408 e. The van der Waals surface area contributed by atoms with E-state index in [1.54, 1.807) is 73.0 Å². The predicted octanol–water partition coefficient (Wildman–Crippen LogP) is 4.72. The Kier molecular flexibility index (Phi) is 11.6. The van der Waals surface area contributed by atoms with E-state index in [-0.39, 0.29) is 24.3 Å². The summed E-state index contributed by atoms with van der Waals surface area (Å²) in [5.41, 5.74) is -1.62. The lowest BCUT2D eigenvalue weighted by Crippen LogP contribution is -2.60. The fraction of sp³-hybridized carbons (Fsp3) is 0.425. The van der Waals surface area contributed by atoms with E-state index >= 15 is 0 Å². The van der Waals surface area contributed by atoms with Crippen molar-refractivity contribution in [1.82, 2.24) is 40.2 Å². The summed E-state index contributed by atoms with van der Waals surface area (Å²) in [6.45, 7) is 14.2. The van der Waals surface area contributed by atoms with Gasteiger partial charge in [-0.2, -0.15) is 9.90 Å². The van der Waals surface area contributed by atoms with Gasteiger partial charge in [-0.1, -0.05) is 45.0 Å². The number of sulfonamides is 1. The highest BCUT2D eigenvalue weighted by atomic mass is 32.2. The van der Waals surface area contributed by atoms with Crippen LogP contribution in [0.15, 0.2) is 83.7 Å². The molecule has 2 aromatic heterocycles. The highest BCUT2D eigenvalue weighted by Gasteiger charge is 2.61. The summed E-state index contributed by atoms with van der Waals surface area (Å²) < 4.78 is 39.4. The summed E-state index contributed by atoms with van der Waals surface area (Å²) in [5, 5.41) is 17.7. The molecule has 1 saturated carbocycles. The second-order valence-electron chi connectivity index (χ2n) is 16.4. The van der Waals surface area contributed by atoms with Gasteiger partial charge in [0.05, 0.1) is 18.0 Å². The van der Waals surface area contributed by atoms with Crippen LogP contribution in [0.3, 0.4) is 0 Å². The summed E-state index contributed by atoms with van der Waals surface area (Å²) in [6, 6.07) is 11.7. The Morgan fingerprint density at radius 2 is 1.67 bits per heavy atom. The molecule has 3 N–H and O–H groups in total. The van der Waals surface area contributed by atoms with Gasteiger partial charge in [0.25, 0.3) is 15.9 Å². The van der Waals surface area contributed by atoms with Gasteiger partial charge in [-0.15, -0.1) is 23.0 Å². The zero-order valence-corrected chi connectivity index (χ0v) is 35.0. The highest BCUT2D eigenvalue weighted by molar-refractivity contribution is 7.90. The standard InChI is InChI=1S/C40H48N8O8S2/c1-9-25-22-40(25,36(51)46-58(53,54)28-13-11-10-12-14-28)43-33(49)29-21-26(23-47(29)35(50)32(38(2,3)4)42-37(52)56-39(5,6)7)48-44-30(24-15-17-27(55-8)18-16-24)31(45-48)34-41-19-20-57-34/h9-20,25-26,29,32H,1,21-23H2,2-8H3,(H,42,52)(H,43,49)(H,46,51)/t25-,26-,29+,32-,40+/m1/s1. The number of nitrogens with zero attached hydrogens (tertiary/aromatic N) is 5. The van der Waals surface area contributed by atoms with Gasteiger partial charge in [0.1, 0.15) is 45.4 Å². The predicted molar refractivity (Wildman–Crippen MR) is 216 cm³/mol. The summed E-state index contributed by atoms with van der Waals surface area (Å²) in [4.78, 5) is 63.4. The first-order valence-electron chi connectivity index (χ1n) is 18.6. The van der Waals surface area contributed by atoms with Crippen molar-refractivity contribution in [3.8, 4) is 27.7 Å². The van der Waals surface area contributed by atoms with Crippen molar-refractivity contribution in [2.75, 3.05) is 13.7 Å². The normalized spacial score (nSPS) is 21.1. The van der Waals surface area contributed by atoms with Crippen molar-refractivity contribution in [3.63, 3.8) is 0 Å². The first-order chi connectivity index (χ1) is 27.3. The van der Waals surface area contributed by atoms with Gasteiger partial charge in [0, 0.05) is 36.0 Å². The number of methoxy groups -OCH3 is 1. The van der Waals surface area contributed by atoms with Crippen LogP contribution in [-0.4, -0.2) is 94.0 Å². The van der Waals surface area contributed by atoms with E-state index in [2.05, 4.69) is 26.9 Å². The number of carbonyl (C=O) groups is 4. The van der Waals surface area contributed by atoms with Crippen LogP contribution in [0.2, 0.25) is 0 Å². The third-order valence-electron chi connectivity index (χ3n) is 9.92. The van der Waals surface area contributed by atoms with Gasteiger partial charge in [-0.05, 0) is 69.0 Å². The molecule has 18 heteroatoms. The number of nitrogens with one attached hydrogen (secondary N) is 3. The SMILES string of the molecule is C=C[C@@H]1C[C@@]1(NC(=O)[C@@H]1C[C@@H](n2nc(-c3ccc(OC)cc3)c(-c3nccs3)n2)CN1C(=O)[C@@H](NC(=O)OC(C)(C)C)C(C)(C)C)C(=O)NS(=O)(=O)c1ccccc1. The molecule has 0 radical (unpaired) electrons. The first-order valence-corrected chi connectivity index (χ1v) is 21.0. The number of hydrogen-bond donors (Lipinski definition) is 3. The fourth-order valence-corrected chi connectivity index (χ4v) is 8.52. The lowest BCUT2D eigenvalue weighted by Gasteiger charge is -2.36. The molecule has 0 spiro atoms. The molecule has 58 heavy (non-hydrogen) atoms. The molecule has 1 aliphatic heterocycles. The van der Waals surface area contributed by atoms with Crippen LogP contribution in [0.1, 0.15) is 60.4 Å². The van der Waals surface area contributed by atoms with Crippen LogP contribution in [0.25, 0.3) is 22.0 Å². The molecule has 1 aliphatic carbocycles. The van der Waals surface area contributed by atoms with Crippen molar-refractivity contribution >= 4 is 45.2 Å². The lowest BCUT2D eigenvalue weighted by molar-refractivity contribution is -0.143. The minimum absolute atomic E-state index is 0.00762. The third kappa shape index (κ3) is 8.92. The van der Waals surface area contributed by atoms with Crippen LogP contribution < -0.4 is 20.1 Å². The van der Waals surface area contributed by atoms with Crippen LogP contribution in [-0.2, 0) is 29.1 Å². The minimum atomic E-state index is -4.29. The largest absolute Gasteiger partial charge is 0.497 e. The Hall–Kier alpha value is -5.62. The molecular formula is C40H48N8O8S2. The summed E-state index contributed by atoms with van der Waals surface area (Å²) in [7, 11) is -2.72. The zero-order chi connectivity index (χ0) is 42.2. The average molecular weight is 833 g/mol. The first kappa shape index (κ1) is 42.0. The van der Waals surface area contributed by atoms with E-state index in [1.165, 1.54) is 51.4 Å². The van der Waals surface area contributed by atoms with E-state index in [9.17, 15) is 27.6 Å².